The molecule has 0 saturated carbocycles. The quantitative estimate of drug-likeness (QED) is 0.346. The lowest BCUT2D eigenvalue weighted by Gasteiger charge is -2.09. The van der Waals surface area contributed by atoms with Gasteiger partial charge in [0.2, 0.25) is 0 Å². The second-order valence-corrected chi connectivity index (χ2v) is 4.34. The van der Waals surface area contributed by atoms with E-state index in [0.717, 1.165) is 6.66 Å². The zero-order valence-electron chi connectivity index (χ0n) is 5.78. The van der Waals surface area contributed by atoms with Gasteiger partial charge in [-0.05, 0) is 6.92 Å². The van der Waals surface area contributed by atoms with Gasteiger partial charge in [0.1, 0.15) is 6.10 Å². The topological polar surface area (TPSA) is 55.8 Å². The summed E-state index contributed by atoms with van der Waals surface area (Å²) < 4.78 is 14.6. The summed E-state index contributed by atoms with van der Waals surface area (Å²) >= 11 is 3.11. The van der Waals surface area contributed by atoms with E-state index in [2.05, 4.69) is 25.5 Å². The van der Waals surface area contributed by atoms with Crippen molar-refractivity contribution in [3.05, 3.63) is 0 Å². The predicted molar refractivity (Wildman–Crippen MR) is 41.2 cm³/mol. The van der Waals surface area contributed by atoms with Crippen LogP contribution in [-0.2, 0) is 14.1 Å². The third-order valence-electron chi connectivity index (χ3n) is 0.563. The standard InChI is InChI=1S/C4H10BrO4P/c1-4(3-5)8-9-10(2,6)7/h4H,3H2,1-2H3,(H,6,7)/t4-/m1/s1. The monoisotopic (exact) mass is 232 g/mol. The minimum Gasteiger partial charge on any atom is -0.323 e. The van der Waals surface area contributed by atoms with E-state index >= 15 is 0 Å². The first-order valence-electron chi connectivity index (χ1n) is 2.67. The Morgan fingerprint density at radius 1 is 1.80 bits per heavy atom. The first-order valence-corrected chi connectivity index (χ1v) is 5.81. The molecule has 0 bridgehead atoms. The Labute approximate surface area is 68.1 Å². The van der Waals surface area contributed by atoms with Crippen LogP contribution < -0.4 is 0 Å². The molecule has 4 nitrogen and oxygen atoms in total. The molecular formula is C4H10BrO4P. The number of hydrogen-bond donors (Lipinski definition) is 1. The molecule has 0 saturated heterocycles. The molecule has 0 spiro atoms. The molecule has 10 heavy (non-hydrogen) atoms. The van der Waals surface area contributed by atoms with Gasteiger partial charge in [-0.25, -0.2) is 4.89 Å². The van der Waals surface area contributed by atoms with Gasteiger partial charge < -0.3 is 4.89 Å². The fourth-order valence-corrected chi connectivity index (χ4v) is 0.594. The zero-order chi connectivity index (χ0) is 8.20. The lowest BCUT2D eigenvalue weighted by molar-refractivity contribution is -0.238. The molecule has 1 N–H and O–H groups in total. The van der Waals surface area contributed by atoms with E-state index in [9.17, 15) is 4.57 Å². The molecule has 0 rings (SSSR count). The van der Waals surface area contributed by atoms with Gasteiger partial charge in [0.15, 0.2) is 0 Å². The molecule has 0 radical (unpaired) electrons. The van der Waals surface area contributed by atoms with Gasteiger partial charge in [-0.15, -0.1) is 4.67 Å². The van der Waals surface area contributed by atoms with Crippen LogP contribution in [0.1, 0.15) is 6.92 Å². The smallest absolute Gasteiger partial charge is 0.323 e. The minimum absolute atomic E-state index is 0.222. The summed E-state index contributed by atoms with van der Waals surface area (Å²) in [6, 6.07) is 0. The van der Waals surface area contributed by atoms with Crippen LogP contribution >= 0.6 is 23.5 Å². The third kappa shape index (κ3) is 6.71. The second-order valence-electron chi connectivity index (χ2n) is 1.94. The molecule has 2 atom stereocenters. The molecule has 6 heteroatoms. The maximum atomic E-state index is 10.4. The van der Waals surface area contributed by atoms with E-state index in [4.69, 9.17) is 4.89 Å². The van der Waals surface area contributed by atoms with E-state index in [1.165, 1.54) is 0 Å². The van der Waals surface area contributed by atoms with Crippen LogP contribution in [0.4, 0.5) is 0 Å². The van der Waals surface area contributed by atoms with Crippen molar-refractivity contribution in [1.82, 2.24) is 0 Å². The Bertz CT molecular complexity index is 133. The molecule has 1 unspecified atom stereocenters. The molecule has 0 aliphatic heterocycles. The average Bonchev–Trinajstić information content (AvgIpc) is 1.81. The minimum atomic E-state index is -3.48. The SMILES string of the molecule is C[C@H](CBr)OOP(C)(=O)O. The largest absolute Gasteiger partial charge is 0.352 e. The number of alkyl halides is 1. The van der Waals surface area contributed by atoms with E-state index in [0.29, 0.717) is 5.33 Å². The fraction of sp³-hybridized carbons (Fsp3) is 1.00. The summed E-state index contributed by atoms with van der Waals surface area (Å²) in [6.45, 7) is 2.78. The lowest BCUT2D eigenvalue weighted by Crippen LogP contribution is -2.08. The van der Waals surface area contributed by atoms with Crippen molar-refractivity contribution in [1.29, 1.82) is 0 Å². The van der Waals surface area contributed by atoms with Crippen molar-refractivity contribution in [3.63, 3.8) is 0 Å². The molecule has 0 aliphatic rings. The van der Waals surface area contributed by atoms with Crippen molar-refractivity contribution < 1.29 is 19.0 Å². The first-order chi connectivity index (χ1) is 4.45. The van der Waals surface area contributed by atoms with Crippen molar-refractivity contribution in [2.75, 3.05) is 12.0 Å². The van der Waals surface area contributed by atoms with Crippen LogP contribution in [-0.4, -0.2) is 23.0 Å². The van der Waals surface area contributed by atoms with Gasteiger partial charge in [0.05, 0.1) is 0 Å². The maximum Gasteiger partial charge on any atom is 0.352 e. The van der Waals surface area contributed by atoms with Gasteiger partial charge in [0, 0.05) is 12.0 Å². The average molecular weight is 233 g/mol. The van der Waals surface area contributed by atoms with E-state index in [1.807, 2.05) is 0 Å². The Balaban J connectivity index is 3.46. The van der Waals surface area contributed by atoms with Gasteiger partial charge >= 0.3 is 7.60 Å². The van der Waals surface area contributed by atoms with Crippen molar-refractivity contribution in [3.8, 4) is 0 Å². The molecule has 0 aliphatic carbocycles. The molecule has 0 heterocycles. The Hall–Kier alpha value is 0.590. The van der Waals surface area contributed by atoms with E-state index < -0.39 is 7.60 Å². The van der Waals surface area contributed by atoms with Crippen molar-refractivity contribution >= 4 is 23.5 Å². The number of halogens is 1. The molecule has 0 aromatic rings. The highest BCUT2D eigenvalue weighted by Crippen LogP contribution is 2.37. The van der Waals surface area contributed by atoms with E-state index in [1.54, 1.807) is 6.92 Å². The predicted octanol–water partition coefficient (Wildman–Crippen LogP) is 1.53. The van der Waals surface area contributed by atoms with E-state index in [-0.39, 0.29) is 6.10 Å². The maximum absolute atomic E-state index is 10.4. The summed E-state index contributed by atoms with van der Waals surface area (Å²) in [6.07, 6.45) is -0.222. The van der Waals surface area contributed by atoms with Gasteiger partial charge in [0.25, 0.3) is 0 Å². The van der Waals surface area contributed by atoms with Crippen LogP contribution in [0.2, 0.25) is 0 Å². The summed E-state index contributed by atoms with van der Waals surface area (Å²) in [5, 5.41) is 0.563. The second kappa shape index (κ2) is 4.46. The van der Waals surface area contributed by atoms with Crippen molar-refractivity contribution in [2.45, 2.75) is 13.0 Å². The Kier molecular flexibility index (Phi) is 4.73. The lowest BCUT2D eigenvalue weighted by atomic mass is 10.5. The molecule has 0 aromatic carbocycles. The van der Waals surface area contributed by atoms with Crippen LogP contribution in [0.3, 0.4) is 0 Å². The normalized spacial score (nSPS) is 20.0. The highest BCUT2D eigenvalue weighted by atomic mass is 79.9. The summed E-state index contributed by atoms with van der Waals surface area (Å²) in [5.74, 6) is 0. The van der Waals surface area contributed by atoms with Gasteiger partial charge in [-0.1, -0.05) is 15.9 Å². The van der Waals surface area contributed by atoms with Crippen LogP contribution in [0.5, 0.6) is 0 Å². The van der Waals surface area contributed by atoms with Gasteiger partial charge in [-0.3, -0.25) is 4.57 Å². The first kappa shape index (κ1) is 10.6. The summed E-state index contributed by atoms with van der Waals surface area (Å²) in [7, 11) is -3.48. The number of hydrogen-bond acceptors (Lipinski definition) is 3. The number of rotatable bonds is 4. The molecule has 0 aromatic heterocycles. The Morgan fingerprint density at radius 2 is 2.30 bits per heavy atom. The van der Waals surface area contributed by atoms with Crippen LogP contribution in [0.15, 0.2) is 0 Å². The summed E-state index contributed by atoms with van der Waals surface area (Å²) in [4.78, 5) is 13.1. The highest BCUT2D eigenvalue weighted by Gasteiger charge is 2.13. The van der Waals surface area contributed by atoms with Gasteiger partial charge in [-0.2, -0.15) is 0 Å². The van der Waals surface area contributed by atoms with Crippen molar-refractivity contribution in [2.24, 2.45) is 0 Å². The molecular weight excluding hydrogens is 223 g/mol. The Morgan fingerprint density at radius 3 is 2.60 bits per heavy atom. The fourth-order valence-electron chi connectivity index (χ4n) is 0.179. The molecule has 62 valence electrons. The summed E-state index contributed by atoms with van der Waals surface area (Å²) in [5.41, 5.74) is 0. The molecule has 0 amide bonds. The molecule has 0 fully saturated rings. The van der Waals surface area contributed by atoms with Crippen LogP contribution in [0.25, 0.3) is 0 Å². The van der Waals surface area contributed by atoms with Crippen LogP contribution in [0, 0.1) is 0 Å². The third-order valence-corrected chi connectivity index (χ3v) is 1.84. The zero-order valence-corrected chi connectivity index (χ0v) is 8.26. The highest BCUT2D eigenvalue weighted by molar-refractivity contribution is 9.09.